The summed E-state index contributed by atoms with van der Waals surface area (Å²) in [6.07, 6.45) is 1.95. The quantitative estimate of drug-likeness (QED) is 0.780. The van der Waals surface area contributed by atoms with E-state index in [9.17, 15) is 14.3 Å². The number of nitrogens with one attached hydrogen (secondary N) is 1. The summed E-state index contributed by atoms with van der Waals surface area (Å²) < 4.78 is 14.5. The standard InChI is InChI=1S/C15H19FN4O2/c1-9-7-11(16)3-4-12(9)20-8-13(21)14(19-20)15(22)18-6-5-10(2)17/h3-4,7-8,10,21H,5-6,17H2,1-2H3,(H,18,22). The third kappa shape index (κ3) is 3.62. The van der Waals surface area contributed by atoms with Gasteiger partial charge in [0.1, 0.15) is 5.82 Å². The number of halogens is 1. The Kier molecular flexibility index (Phi) is 4.77. The molecule has 1 aromatic carbocycles. The van der Waals surface area contributed by atoms with E-state index in [4.69, 9.17) is 5.73 Å². The van der Waals surface area contributed by atoms with Crippen molar-refractivity contribution in [1.29, 1.82) is 0 Å². The Balaban J connectivity index is 2.19. The van der Waals surface area contributed by atoms with Gasteiger partial charge < -0.3 is 16.2 Å². The van der Waals surface area contributed by atoms with E-state index < -0.39 is 5.91 Å². The van der Waals surface area contributed by atoms with E-state index in [1.807, 2.05) is 6.92 Å². The minimum absolute atomic E-state index is 0.0201. The monoisotopic (exact) mass is 306 g/mol. The van der Waals surface area contributed by atoms with Gasteiger partial charge in [0.2, 0.25) is 0 Å². The zero-order valence-corrected chi connectivity index (χ0v) is 12.5. The fourth-order valence-electron chi connectivity index (χ4n) is 2.02. The maximum atomic E-state index is 13.1. The molecule has 0 aliphatic carbocycles. The first-order valence-corrected chi connectivity index (χ1v) is 6.97. The minimum Gasteiger partial charge on any atom is -0.504 e. The van der Waals surface area contributed by atoms with Crippen LogP contribution in [0.15, 0.2) is 24.4 Å². The van der Waals surface area contributed by atoms with Crippen LogP contribution in [-0.4, -0.2) is 33.4 Å². The van der Waals surface area contributed by atoms with E-state index in [0.717, 1.165) is 0 Å². The fraction of sp³-hybridized carbons (Fsp3) is 0.333. The summed E-state index contributed by atoms with van der Waals surface area (Å²) in [5.41, 5.74) is 6.76. The smallest absolute Gasteiger partial charge is 0.275 e. The first-order valence-electron chi connectivity index (χ1n) is 6.97. The highest BCUT2D eigenvalue weighted by Gasteiger charge is 2.17. The maximum absolute atomic E-state index is 13.1. The minimum atomic E-state index is -0.475. The molecule has 22 heavy (non-hydrogen) atoms. The van der Waals surface area contributed by atoms with Gasteiger partial charge in [-0.25, -0.2) is 9.07 Å². The normalized spacial score (nSPS) is 12.2. The highest BCUT2D eigenvalue weighted by molar-refractivity contribution is 5.94. The van der Waals surface area contributed by atoms with Gasteiger partial charge in [0.05, 0.1) is 11.9 Å². The lowest BCUT2D eigenvalue weighted by molar-refractivity contribution is 0.0945. The van der Waals surface area contributed by atoms with Crippen LogP contribution in [0, 0.1) is 12.7 Å². The van der Waals surface area contributed by atoms with Crippen molar-refractivity contribution in [3.8, 4) is 11.4 Å². The van der Waals surface area contributed by atoms with Crippen molar-refractivity contribution in [1.82, 2.24) is 15.1 Å². The van der Waals surface area contributed by atoms with E-state index >= 15 is 0 Å². The zero-order chi connectivity index (χ0) is 16.3. The first-order chi connectivity index (χ1) is 10.4. The predicted molar refractivity (Wildman–Crippen MR) is 80.5 cm³/mol. The molecule has 0 radical (unpaired) electrons. The van der Waals surface area contributed by atoms with Gasteiger partial charge in [0.15, 0.2) is 11.4 Å². The van der Waals surface area contributed by atoms with Crippen molar-refractivity contribution in [2.45, 2.75) is 26.3 Å². The molecule has 2 rings (SSSR count). The molecular formula is C15H19FN4O2. The summed E-state index contributed by atoms with van der Waals surface area (Å²) in [4.78, 5) is 12.0. The molecule has 1 atom stereocenters. The topological polar surface area (TPSA) is 93.2 Å². The molecule has 2 aromatic rings. The summed E-state index contributed by atoms with van der Waals surface area (Å²) in [5.74, 6) is -1.06. The lowest BCUT2D eigenvalue weighted by Crippen LogP contribution is -2.29. The second-order valence-corrected chi connectivity index (χ2v) is 5.26. The third-order valence-electron chi connectivity index (χ3n) is 3.20. The molecule has 0 saturated heterocycles. The summed E-state index contributed by atoms with van der Waals surface area (Å²) in [5, 5.41) is 16.6. The van der Waals surface area contributed by atoms with Gasteiger partial charge in [-0.15, -0.1) is 0 Å². The molecule has 1 unspecified atom stereocenters. The Morgan fingerprint density at radius 2 is 2.27 bits per heavy atom. The summed E-state index contributed by atoms with van der Waals surface area (Å²) in [7, 11) is 0. The highest BCUT2D eigenvalue weighted by atomic mass is 19.1. The van der Waals surface area contributed by atoms with E-state index in [0.29, 0.717) is 24.2 Å². The van der Waals surface area contributed by atoms with Crippen LogP contribution >= 0.6 is 0 Å². The number of hydrogen-bond acceptors (Lipinski definition) is 4. The summed E-state index contributed by atoms with van der Waals surface area (Å²) in [6, 6.07) is 4.17. The van der Waals surface area contributed by atoms with Gasteiger partial charge in [-0.3, -0.25) is 4.79 Å². The van der Waals surface area contributed by atoms with Gasteiger partial charge in [0, 0.05) is 12.6 Å². The molecule has 4 N–H and O–H groups in total. The number of carbonyl (C=O) groups is 1. The zero-order valence-electron chi connectivity index (χ0n) is 12.5. The van der Waals surface area contributed by atoms with Crippen molar-refractivity contribution in [3.05, 3.63) is 41.5 Å². The van der Waals surface area contributed by atoms with E-state index in [1.165, 1.54) is 29.1 Å². The maximum Gasteiger partial charge on any atom is 0.275 e. The van der Waals surface area contributed by atoms with E-state index in [-0.39, 0.29) is 23.3 Å². The lowest BCUT2D eigenvalue weighted by atomic mass is 10.2. The van der Waals surface area contributed by atoms with Crippen LogP contribution < -0.4 is 11.1 Å². The van der Waals surface area contributed by atoms with Crippen LogP contribution in [0.3, 0.4) is 0 Å². The highest BCUT2D eigenvalue weighted by Crippen LogP contribution is 2.20. The van der Waals surface area contributed by atoms with Crippen molar-refractivity contribution >= 4 is 5.91 Å². The molecule has 0 fully saturated rings. The van der Waals surface area contributed by atoms with Crippen LogP contribution in [0.25, 0.3) is 5.69 Å². The Morgan fingerprint density at radius 3 is 2.91 bits per heavy atom. The van der Waals surface area contributed by atoms with Gasteiger partial charge in [-0.05, 0) is 44.0 Å². The van der Waals surface area contributed by atoms with Gasteiger partial charge in [-0.1, -0.05) is 0 Å². The number of hydrogen-bond donors (Lipinski definition) is 3. The first kappa shape index (κ1) is 16.0. The molecule has 1 amide bonds. The summed E-state index contributed by atoms with van der Waals surface area (Å²) >= 11 is 0. The Bertz CT molecular complexity index is 682. The molecule has 1 heterocycles. The summed E-state index contributed by atoms with van der Waals surface area (Å²) in [6.45, 7) is 3.97. The van der Waals surface area contributed by atoms with Gasteiger partial charge in [0.25, 0.3) is 5.91 Å². The number of rotatable bonds is 5. The SMILES string of the molecule is Cc1cc(F)ccc1-n1cc(O)c(C(=O)NCCC(C)N)n1. The Labute approximate surface area is 127 Å². The fourth-order valence-corrected chi connectivity index (χ4v) is 2.02. The second kappa shape index (κ2) is 6.57. The Hall–Kier alpha value is -2.41. The number of nitrogens with zero attached hydrogens (tertiary/aromatic N) is 2. The van der Waals surface area contributed by atoms with Crippen LogP contribution in [0.2, 0.25) is 0 Å². The van der Waals surface area contributed by atoms with Crippen molar-refractivity contribution in [2.75, 3.05) is 6.54 Å². The molecule has 7 heteroatoms. The van der Waals surface area contributed by atoms with Crippen molar-refractivity contribution < 1.29 is 14.3 Å². The van der Waals surface area contributed by atoms with Gasteiger partial charge >= 0.3 is 0 Å². The molecular weight excluding hydrogens is 287 g/mol. The van der Waals surface area contributed by atoms with Crippen molar-refractivity contribution in [3.63, 3.8) is 0 Å². The van der Waals surface area contributed by atoms with Crippen LogP contribution in [0.1, 0.15) is 29.4 Å². The molecule has 0 spiro atoms. The van der Waals surface area contributed by atoms with Crippen LogP contribution in [-0.2, 0) is 0 Å². The molecule has 6 nitrogen and oxygen atoms in total. The van der Waals surface area contributed by atoms with Crippen LogP contribution in [0.4, 0.5) is 4.39 Å². The molecule has 118 valence electrons. The van der Waals surface area contributed by atoms with Crippen LogP contribution in [0.5, 0.6) is 5.75 Å². The van der Waals surface area contributed by atoms with E-state index in [1.54, 1.807) is 6.92 Å². The molecule has 1 aromatic heterocycles. The molecule has 0 aliphatic heterocycles. The number of benzene rings is 1. The number of amides is 1. The lowest BCUT2D eigenvalue weighted by Gasteiger charge is -2.06. The predicted octanol–water partition coefficient (Wildman–Crippen LogP) is 1.49. The van der Waals surface area contributed by atoms with Gasteiger partial charge in [-0.2, -0.15) is 5.10 Å². The van der Waals surface area contributed by atoms with Crippen molar-refractivity contribution in [2.24, 2.45) is 5.73 Å². The third-order valence-corrected chi connectivity index (χ3v) is 3.20. The molecule has 0 aliphatic rings. The second-order valence-electron chi connectivity index (χ2n) is 5.26. The molecule has 0 bridgehead atoms. The average molecular weight is 306 g/mol. The average Bonchev–Trinajstić information content (AvgIpc) is 2.80. The Morgan fingerprint density at radius 1 is 1.55 bits per heavy atom. The van der Waals surface area contributed by atoms with E-state index in [2.05, 4.69) is 10.4 Å². The molecule has 0 saturated carbocycles. The number of aryl methyl sites for hydroxylation is 1. The number of carbonyl (C=O) groups excluding carboxylic acids is 1. The largest absolute Gasteiger partial charge is 0.504 e. The number of aromatic nitrogens is 2. The number of nitrogens with two attached hydrogens (primary N) is 1. The number of aromatic hydroxyl groups is 1.